The Morgan fingerprint density at radius 3 is 2.13 bits per heavy atom. The number of fused-ring (bicyclic) bond motifs is 1. The van der Waals surface area contributed by atoms with E-state index in [4.69, 9.17) is 4.74 Å². The number of aryl methyl sites for hydroxylation is 1. The van der Waals surface area contributed by atoms with E-state index in [1.165, 1.54) is 32.9 Å². The molecule has 1 amide bonds. The van der Waals surface area contributed by atoms with Gasteiger partial charge in [0.25, 0.3) is 15.9 Å². The van der Waals surface area contributed by atoms with Crippen molar-refractivity contribution in [1.82, 2.24) is 9.62 Å². The molecule has 0 aliphatic carbocycles. The first-order valence-electron chi connectivity index (χ1n) is 12.9. The summed E-state index contributed by atoms with van der Waals surface area (Å²) in [5.41, 5.74) is 2.49. The van der Waals surface area contributed by atoms with Crippen LogP contribution in [-0.2, 0) is 37.8 Å². The van der Waals surface area contributed by atoms with E-state index in [9.17, 15) is 21.6 Å². The number of hydrogen-bond acceptors (Lipinski definition) is 6. The molecule has 0 saturated carbocycles. The van der Waals surface area contributed by atoms with Crippen LogP contribution in [0.25, 0.3) is 0 Å². The second-order valence-corrected chi connectivity index (χ2v) is 13.4. The van der Waals surface area contributed by atoms with Crippen molar-refractivity contribution in [2.75, 3.05) is 30.5 Å². The molecule has 2 aliphatic rings. The average molecular weight is 570 g/mol. The molecule has 0 aromatic heterocycles. The van der Waals surface area contributed by atoms with Gasteiger partial charge in [0.2, 0.25) is 10.0 Å². The molecule has 2 aliphatic heterocycles. The van der Waals surface area contributed by atoms with Gasteiger partial charge in [0.1, 0.15) is 5.75 Å². The molecule has 0 unspecified atom stereocenters. The fraction of sp³-hybridized carbons (Fsp3) is 0.321. The van der Waals surface area contributed by atoms with E-state index in [0.29, 0.717) is 31.1 Å². The van der Waals surface area contributed by atoms with Crippen LogP contribution in [0.2, 0.25) is 0 Å². The Balaban J connectivity index is 1.13. The maximum absolute atomic E-state index is 13.3. The van der Waals surface area contributed by atoms with Gasteiger partial charge in [-0.1, -0.05) is 30.3 Å². The Morgan fingerprint density at radius 1 is 0.769 bits per heavy atom. The average Bonchev–Trinajstić information content (AvgIpc) is 3.51. The van der Waals surface area contributed by atoms with Crippen molar-refractivity contribution < 1.29 is 26.4 Å². The SMILES string of the molecule is O=C(COc1ccc(S(=O)(=O)N2CCCc3ccccc32)cc1)NCc1ccc(S(=O)(=O)N2CCCC2)cc1. The number of carbonyl (C=O) groups excluding carboxylic acids is 1. The number of benzene rings is 3. The zero-order valence-electron chi connectivity index (χ0n) is 21.5. The lowest BCUT2D eigenvalue weighted by Gasteiger charge is -2.30. The summed E-state index contributed by atoms with van der Waals surface area (Å²) in [6.45, 7) is 1.50. The lowest BCUT2D eigenvalue weighted by molar-refractivity contribution is -0.123. The molecule has 39 heavy (non-hydrogen) atoms. The first-order chi connectivity index (χ1) is 18.7. The van der Waals surface area contributed by atoms with Crippen LogP contribution in [0, 0.1) is 0 Å². The van der Waals surface area contributed by atoms with Crippen LogP contribution < -0.4 is 14.4 Å². The number of ether oxygens (including phenoxy) is 1. The van der Waals surface area contributed by atoms with Crippen molar-refractivity contribution in [3.63, 3.8) is 0 Å². The van der Waals surface area contributed by atoms with Gasteiger partial charge in [-0.2, -0.15) is 4.31 Å². The van der Waals surface area contributed by atoms with E-state index in [1.807, 2.05) is 24.3 Å². The van der Waals surface area contributed by atoms with E-state index in [-0.39, 0.29) is 28.8 Å². The highest BCUT2D eigenvalue weighted by atomic mass is 32.2. The van der Waals surface area contributed by atoms with Crippen molar-refractivity contribution >= 4 is 31.6 Å². The van der Waals surface area contributed by atoms with E-state index in [2.05, 4.69) is 5.32 Å². The van der Waals surface area contributed by atoms with Gasteiger partial charge in [-0.15, -0.1) is 0 Å². The minimum atomic E-state index is -3.72. The molecule has 9 nitrogen and oxygen atoms in total. The van der Waals surface area contributed by atoms with Gasteiger partial charge >= 0.3 is 0 Å². The highest BCUT2D eigenvalue weighted by Crippen LogP contribution is 2.32. The standard InChI is InChI=1S/C28H31N3O6S2/c32-28(29-20-22-9-13-25(14-10-22)38(33,34)30-17-3-4-18-30)21-37-24-11-15-26(16-12-24)39(35,36)31-19-5-7-23-6-1-2-8-27(23)31/h1-2,6,8-16H,3-5,7,17-21H2,(H,29,32). The number of nitrogens with one attached hydrogen (secondary N) is 1. The summed E-state index contributed by atoms with van der Waals surface area (Å²) in [5.74, 6) is 0.0185. The molecular formula is C28H31N3O6S2. The van der Waals surface area contributed by atoms with Crippen LogP contribution in [0.4, 0.5) is 5.69 Å². The number of rotatable bonds is 9. The Morgan fingerprint density at radius 2 is 1.41 bits per heavy atom. The molecular weight excluding hydrogens is 538 g/mol. The number of para-hydroxylation sites is 1. The molecule has 1 fully saturated rings. The summed E-state index contributed by atoms with van der Waals surface area (Å²) >= 11 is 0. The van der Waals surface area contributed by atoms with Crippen molar-refractivity contribution in [3.05, 3.63) is 83.9 Å². The summed E-state index contributed by atoms with van der Waals surface area (Å²) in [5, 5.41) is 2.74. The van der Waals surface area contributed by atoms with Gasteiger partial charge < -0.3 is 10.1 Å². The highest BCUT2D eigenvalue weighted by Gasteiger charge is 2.29. The molecule has 0 bridgehead atoms. The molecule has 3 aromatic carbocycles. The zero-order valence-corrected chi connectivity index (χ0v) is 23.1. The van der Waals surface area contributed by atoms with Gasteiger partial charge in [0.05, 0.1) is 15.5 Å². The minimum Gasteiger partial charge on any atom is -0.484 e. The number of anilines is 1. The third-order valence-electron chi connectivity index (χ3n) is 6.97. The van der Waals surface area contributed by atoms with Crippen LogP contribution in [0.5, 0.6) is 5.75 Å². The molecule has 0 atom stereocenters. The Kier molecular flexibility index (Phi) is 7.92. The molecule has 0 spiro atoms. The summed E-state index contributed by atoms with van der Waals surface area (Å²) < 4.78 is 60.3. The van der Waals surface area contributed by atoms with Gasteiger partial charge in [-0.05, 0) is 79.3 Å². The Hall–Kier alpha value is -3.41. The van der Waals surface area contributed by atoms with Crippen molar-refractivity contribution in [2.24, 2.45) is 0 Å². The largest absolute Gasteiger partial charge is 0.484 e. The number of sulfonamides is 2. The molecule has 1 N–H and O–H groups in total. The molecule has 3 aromatic rings. The van der Waals surface area contributed by atoms with Crippen molar-refractivity contribution in [2.45, 2.75) is 42.0 Å². The fourth-order valence-corrected chi connectivity index (χ4v) is 7.90. The van der Waals surface area contributed by atoms with Crippen LogP contribution in [0.15, 0.2) is 82.6 Å². The predicted octanol–water partition coefficient (Wildman–Crippen LogP) is 3.31. The number of carbonyl (C=O) groups is 1. The summed E-state index contributed by atoms with van der Waals surface area (Å²) in [6, 6.07) is 20.1. The zero-order chi connectivity index (χ0) is 27.5. The van der Waals surface area contributed by atoms with Crippen LogP contribution >= 0.6 is 0 Å². The number of nitrogens with zero attached hydrogens (tertiary/aromatic N) is 2. The van der Waals surface area contributed by atoms with Crippen molar-refractivity contribution in [3.8, 4) is 5.75 Å². The third-order valence-corrected chi connectivity index (χ3v) is 10.7. The lowest BCUT2D eigenvalue weighted by Crippen LogP contribution is -2.35. The fourth-order valence-electron chi connectivity index (χ4n) is 4.84. The lowest BCUT2D eigenvalue weighted by atomic mass is 10.0. The minimum absolute atomic E-state index is 0.159. The smallest absolute Gasteiger partial charge is 0.264 e. The Labute approximate surface area is 229 Å². The number of hydrogen-bond donors (Lipinski definition) is 1. The molecule has 1 saturated heterocycles. The first kappa shape index (κ1) is 27.2. The summed E-state index contributed by atoms with van der Waals surface area (Å²) in [6.07, 6.45) is 3.36. The normalized spacial score (nSPS) is 16.1. The third kappa shape index (κ3) is 5.95. The molecule has 206 valence electrons. The van der Waals surface area contributed by atoms with E-state index < -0.39 is 20.0 Å². The van der Waals surface area contributed by atoms with Crippen LogP contribution in [0.3, 0.4) is 0 Å². The van der Waals surface area contributed by atoms with E-state index in [0.717, 1.165) is 36.8 Å². The molecule has 11 heteroatoms. The van der Waals surface area contributed by atoms with E-state index in [1.54, 1.807) is 24.3 Å². The summed E-state index contributed by atoms with van der Waals surface area (Å²) in [7, 11) is -7.19. The second-order valence-electron chi connectivity index (χ2n) is 9.60. The number of amides is 1. The molecule has 0 radical (unpaired) electrons. The second kappa shape index (κ2) is 11.4. The maximum Gasteiger partial charge on any atom is 0.264 e. The first-order valence-corrected chi connectivity index (χ1v) is 15.8. The van der Waals surface area contributed by atoms with Gasteiger partial charge in [-0.25, -0.2) is 16.8 Å². The van der Waals surface area contributed by atoms with Gasteiger partial charge in [0.15, 0.2) is 6.61 Å². The molecule has 2 heterocycles. The quantitative estimate of drug-likeness (QED) is 0.423. The maximum atomic E-state index is 13.3. The van der Waals surface area contributed by atoms with Crippen molar-refractivity contribution in [1.29, 1.82) is 0 Å². The highest BCUT2D eigenvalue weighted by molar-refractivity contribution is 7.92. The summed E-state index contributed by atoms with van der Waals surface area (Å²) in [4.78, 5) is 12.7. The monoisotopic (exact) mass is 569 g/mol. The van der Waals surface area contributed by atoms with Gasteiger partial charge in [0, 0.05) is 26.2 Å². The van der Waals surface area contributed by atoms with Crippen LogP contribution in [-0.4, -0.2) is 53.3 Å². The van der Waals surface area contributed by atoms with Crippen LogP contribution in [0.1, 0.15) is 30.4 Å². The molecule has 5 rings (SSSR count). The van der Waals surface area contributed by atoms with E-state index >= 15 is 0 Å². The topological polar surface area (TPSA) is 113 Å². The Bertz CT molecular complexity index is 1530. The van der Waals surface area contributed by atoms with Gasteiger partial charge in [-0.3, -0.25) is 9.10 Å². The predicted molar refractivity (Wildman–Crippen MR) is 148 cm³/mol.